The molecule has 3 heterocycles. The zero-order chi connectivity index (χ0) is 33.7. The Kier molecular flexibility index (Phi) is 6.77. The van der Waals surface area contributed by atoms with E-state index < -0.39 is 0 Å². The predicted octanol–water partition coefficient (Wildman–Crippen LogP) is 11.2. The summed E-state index contributed by atoms with van der Waals surface area (Å²) in [5, 5.41) is 5.27. The predicted molar refractivity (Wildman–Crippen MR) is 203 cm³/mol. The Morgan fingerprint density at radius 1 is 0.451 bits per heavy atom. The van der Waals surface area contributed by atoms with Gasteiger partial charge in [0.15, 0.2) is 0 Å². The monoisotopic (exact) mass is 655 g/mol. The molecule has 1 unspecified atom stereocenters. The van der Waals surface area contributed by atoms with E-state index in [1.807, 2.05) is 24.3 Å². The molecule has 51 heavy (non-hydrogen) atoms. The van der Waals surface area contributed by atoms with Gasteiger partial charge < -0.3 is 0 Å². The van der Waals surface area contributed by atoms with E-state index in [0.717, 1.165) is 67.6 Å². The summed E-state index contributed by atoms with van der Waals surface area (Å²) in [7, 11) is 0. The van der Waals surface area contributed by atoms with Crippen LogP contribution in [0.4, 0.5) is 11.4 Å². The summed E-state index contributed by atoms with van der Waals surface area (Å²) >= 11 is 0. The Bertz CT molecular complexity index is 2610. The smallest absolute Gasteiger partial charge is 0.237 e. The van der Waals surface area contributed by atoms with Crippen LogP contribution in [0.3, 0.4) is 0 Å². The fourth-order valence-electron chi connectivity index (χ4n) is 7.40. The Labute approximate surface area is 294 Å². The number of benzene rings is 7. The lowest BCUT2D eigenvalue weighted by Crippen LogP contribution is -2.11. The third-order valence-corrected chi connectivity index (χ3v) is 9.66. The van der Waals surface area contributed by atoms with Gasteiger partial charge >= 0.3 is 0 Å². The van der Waals surface area contributed by atoms with Crippen molar-refractivity contribution in [3.8, 4) is 34.2 Å². The fourth-order valence-corrected chi connectivity index (χ4v) is 7.40. The van der Waals surface area contributed by atoms with Crippen molar-refractivity contribution in [2.45, 2.75) is 6.04 Å². The Morgan fingerprint density at radius 2 is 0.922 bits per heavy atom. The molecular weight excluding hydrogens is 625 g/mol. The van der Waals surface area contributed by atoms with Gasteiger partial charge in [-0.05, 0) is 66.7 Å². The Hall–Kier alpha value is -6.92. The van der Waals surface area contributed by atoms with E-state index in [4.69, 9.17) is 15.1 Å². The number of nitrogens with zero attached hydrogens (tertiary/aromatic N) is 6. The Balaban J connectivity index is 1.28. The normalized spacial score (nSPS) is 13.8. The molecule has 0 fully saturated rings. The first-order valence-corrected chi connectivity index (χ1v) is 17.2. The van der Waals surface area contributed by atoms with Crippen LogP contribution in [0.5, 0.6) is 0 Å². The average molecular weight is 656 g/mol. The fraction of sp³-hybridized carbons (Fsp3) is 0.0222. The second-order valence-electron chi connectivity index (χ2n) is 12.8. The molecule has 6 nitrogen and oxygen atoms in total. The van der Waals surface area contributed by atoms with Crippen LogP contribution in [-0.2, 0) is 0 Å². The molecule has 2 aromatic heterocycles. The molecule has 9 aromatic rings. The second-order valence-corrected chi connectivity index (χ2v) is 12.8. The van der Waals surface area contributed by atoms with Crippen molar-refractivity contribution in [1.29, 1.82) is 0 Å². The number of aromatic nitrogens is 4. The molecule has 0 aliphatic carbocycles. The molecule has 0 N–H and O–H groups in total. The molecule has 1 aliphatic rings. The third-order valence-electron chi connectivity index (χ3n) is 9.66. The molecule has 0 saturated carbocycles. The lowest BCUT2D eigenvalue weighted by atomic mass is 9.97. The van der Waals surface area contributed by atoms with Crippen LogP contribution in [0.1, 0.15) is 17.2 Å². The molecule has 10 rings (SSSR count). The van der Waals surface area contributed by atoms with E-state index >= 15 is 0 Å². The largest absolute Gasteiger partial charge is 0.292 e. The molecule has 0 amide bonds. The lowest BCUT2D eigenvalue weighted by Gasteiger charge is -2.14. The van der Waals surface area contributed by atoms with Crippen LogP contribution in [0, 0.1) is 0 Å². The van der Waals surface area contributed by atoms with E-state index in [9.17, 15) is 0 Å². The summed E-state index contributed by atoms with van der Waals surface area (Å²) in [5.41, 5.74) is 12.2. The standard InChI is InChI=1S/C45H31N6/c1-4-16-31(17-5-1)43-37-22-10-11-23-38(37)48-51(43)36-29-32(44-46-39-24-12-14-26-41(39)49(44)34-18-6-2-7-19-34)28-33(30-36)45-47-40-25-13-15-27-42(40)50(45)35-20-8-3-9-21-35/h1-30,43H/q+1. The van der Waals surface area contributed by atoms with Gasteiger partial charge in [-0.25, -0.2) is 9.97 Å². The van der Waals surface area contributed by atoms with Gasteiger partial charge in [-0.2, -0.15) is 0 Å². The highest BCUT2D eigenvalue weighted by Gasteiger charge is 2.38. The molecule has 6 heteroatoms. The van der Waals surface area contributed by atoms with Gasteiger partial charge in [-0.15, -0.1) is 0 Å². The molecular formula is C45H31N6+. The number of rotatable bonds is 6. The highest BCUT2D eigenvalue weighted by Crippen LogP contribution is 2.45. The molecule has 7 aromatic carbocycles. The number of imidazole rings is 2. The minimum Gasteiger partial charge on any atom is -0.292 e. The van der Waals surface area contributed by atoms with E-state index in [-0.39, 0.29) is 6.04 Å². The number of hydrogen-bond acceptors (Lipinski definition) is 3. The zero-order valence-electron chi connectivity index (χ0n) is 27.6. The summed E-state index contributed by atoms with van der Waals surface area (Å²) in [4.78, 5) is 10.6. The molecule has 240 valence electrons. The maximum atomic E-state index is 5.29. The maximum absolute atomic E-state index is 5.29. The van der Waals surface area contributed by atoms with Gasteiger partial charge in [0, 0.05) is 45.3 Å². The van der Waals surface area contributed by atoms with Crippen LogP contribution < -0.4 is 0 Å². The van der Waals surface area contributed by atoms with Crippen LogP contribution in [0.15, 0.2) is 187 Å². The molecule has 1 aliphatic heterocycles. The third kappa shape index (κ3) is 4.88. The minimum absolute atomic E-state index is 0.105. The quantitative estimate of drug-likeness (QED) is 0.167. The minimum atomic E-state index is -0.105. The van der Waals surface area contributed by atoms with Crippen molar-refractivity contribution >= 4 is 33.4 Å². The first kappa shape index (κ1) is 29.0. The van der Waals surface area contributed by atoms with Gasteiger partial charge in [-0.1, -0.05) is 108 Å². The summed E-state index contributed by atoms with van der Waals surface area (Å²) in [5.74, 6) is 1.70. The molecule has 0 bridgehead atoms. The molecule has 0 saturated heterocycles. The molecule has 0 radical (unpaired) electrons. The second kappa shape index (κ2) is 11.9. The van der Waals surface area contributed by atoms with Crippen LogP contribution in [0.25, 0.3) is 56.2 Å². The van der Waals surface area contributed by atoms with Gasteiger partial charge in [0.2, 0.25) is 11.7 Å². The van der Waals surface area contributed by atoms with Crippen LogP contribution in [0.2, 0.25) is 0 Å². The summed E-state index contributed by atoms with van der Waals surface area (Å²) in [6, 6.07) is 63.2. The van der Waals surface area contributed by atoms with Crippen molar-refractivity contribution in [1.82, 2.24) is 19.1 Å². The van der Waals surface area contributed by atoms with E-state index in [1.54, 1.807) is 0 Å². The highest BCUT2D eigenvalue weighted by molar-refractivity contribution is 5.87. The van der Waals surface area contributed by atoms with Gasteiger partial charge in [0.1, 0.15) is 17.3 Å². The van der Waals surface area contributed by atoms with Crippen molar-refractivity contribution < 1.29 is 4.70 Å². The van der Waals surface area contributed by atoms with Gasteiger partial charge in [0.05, 0.1) is 27.6 Å². The average Bonchev–Trinajstić information content (AvgIpc) is 3.91. The lowest BCUT2D eigenvalue weighted by molar-refractivity contribution is -0.536. The van der Waals surface area contributed by atoms with E-state index in [1.165, 1.54) is 11.1 Å². The zero-order valence-corrected chi connectivity index (χ0v) is 27.6. The van der Waals surface area contributed by atoms with Gasteiger partial charge in [0.25, 0.3) is 0 Å². The summed E-state index contributed by atoms with van der Waals surface area (Å²) < 4.78 is 6.67. The first-order valence-electron chi connectivity index (χ1n) is 17.2. The summed E-state index contributed by atoms with van der Waals surface area (Å²) in [6.07, 6.45) is 0. The molecule has 0 spiro atoms. The van der Waals surface area contributed by atoms with Crippen molar-refractivity contribution in [2.24, 2.45) is 5.11 Å². The van der Waals surface area contributed by atoms with E-state index in [2.05, 4.69) is 172 Å². The van der Waals surface area contributed by atoms with Crippen LogP contribution in [-0.4, -0.2) is 23.8 Å². The van der Waals surface area contributed by atoms with E-state index in [0.29, 0.717) is 0 Å². The van der Waals surface area contributed by atoms with Crippen molar-refractivity contribution in [3.63, 3.8) is 0 Å². The topological polar surface area (TPSA) is 51.0 Å². The van der Waals surface area contributed by atoms with Crippen LogP contribution >= 0.6 is 0 Å². The number of hydrogen-bond donors (Lipinski definition) is 0. The first-order chi connectivity index (χ1) is 25.3. The Morgan fingerprint density at radius 3 is 1.49 bits per heavy atom. The number of para-hydroxylation sites is 6. The summed E-state index contributed by atoms with van der Waals surface area (Å²) in [6.45, 7) is 0. The highest BCUT2D eigenvalue weighted by atomic mass is 15.3. The van der Waals surface area contributed by atoms with Crippen molar-refractivity contribution in [2.75, 3.05) is 0 Å². The number of fused-ring (bicyclic) bond motifs is 3. The van der Waals surface area contributed by atoms with Gasteiger partial charge in [-0.3, -0.25) is 9.13 Å². The number of azo groups is 2. The molecule has 1 atom stereocenters. The SMILES string of the molecule is c1ccc(C2c3ccccc3N=[N+]2c2cc(-c3nc4ccccc4n3-c3ccccc3)cc(-c3nc4ccccc4n3-c3ccccc3)c2)cc1. The maximum Gasteiger partial charge on any atom is 0.237 e. The van der Waals surface area contributed by atoms with Crippen molar-refractivity contribution in [3.05, 3.63) is 193 Å².